The van der Waals surface area contributed by atoms with E-state index in [1.54, 1.807) is 0 Å². The number of ether oxygens (including phenoxy) is 2. The molecule has 0 saturated carbocycles. The first-order chi connectivity index (χ1) is 13.3. The van der Waals surface area contributed by atoms with Crippen molar-refractivity contribution in [3.8, 4) is 11.5 Å². The fraction of sp³-hybridized carbons (Fsp3) is 0.409. The summed E-state index contributed by atoms with van der Waals surface area (Å²) >= 11 is 0. The van der Waals surface area contributed by atoms with E-state index in [1.807, 2.05) is 59.5 Å². The molecule has 5 nitrogen and oxygen atoms in total. The largest absolute Gasteiger partial charge is 0.457 e. The van der Waals surface area contributed by atoms with Crippen LogP contribution in [0.15, 0.2) is 54.6 Å². The van der Waals surface area contributed by atoms with Gasteiger partial charge in [0, 0.05) is 44.9 Å². The van der Waals surface area contributed by atoms with Crippen LogP contribution in [0.4, 0.5) is 0 Å². The molecule has 2 aliphatic heterocycles. The van der Waals surface area contributed by atoms with Crippen molar-refractivity contribution >= 4 is 5.91 Å². The molecule has 0 N–H and O–H groups in total. The Kier molecular flexibility index (Phi) is 5.70. The Labute approximate surface area is 160 Å². The van der Waals surface area contributed by atoms with Crippen LogP contribution < -0.4 is 4.74 Å². The third kappa shape index (κ3) is 4.67. The first-order valence-electron chi connectivity index (χ1n) is 9.74. The molecule has 1 atom stereocenters. The van der Waals surface area contributed by atoms with Crippen molar-refractivity contribution in [2.75, 3.05) is 39.3 Å². The standard InChI is InChI=1S/C22H26N2O3/c25-22(24-13-11-23(12-14-24)17-21-10-5-15-26-21)18-6-4-9-20(16-18)27-19-7-2-1-3-8-19/h1-4,6-9,16,21H,5,10-15,17H2. The second kappa shape index (κ2) is 8.55. The molecule has 1 amide bonds. The van der Waals surface area contributed by atoms with Crippen LogP contribution in [0.3, 0.4) is 0 Å². The van der Waals surface area contributed by atoms with Crippen LogP contribution in [0.25, 0.3) is 0 Å². The van der Waals surface area contributed by atoms with Crippen LogP contribution in [0.1, 0.15) is 23.2 Å². The second-order valence-electron chi connectivity index (χ2n) is 7.17. The SMILES string of the molecule is O=C(c1cccc(Oc2ccccc2)c1)N1CCN(CC2CCCO2)CC1. The molecule has 142 valence electrons. The molecule has 5 heteroatoms. The molecule has 4 rings (SSSR count). The highest BCUT2D eigenvalue weighted by molar-refractivity contribution is 5.94. The molecule has 2 heterocycles. The topological polar surface area (TPSA) is 42.0 Å². The first kappa shape index (κ1) is 18.0. The van der Waals surface area contributed by atoms with E-state index in [-0.39, 0.29) is 5.91 Å². The molecule has 1 unspecified atom stereocenters. The monoisotopic (exact) mass is 366 g/mol. The highest BCUT2D eigenvalue weighted by Gasteiger charge is 2.25. The van der Waals surface area contributed by atoms with Gasteiger partial charge in [-0.1, -0.05) is 24.3 Å². The Bertz CT molecular complexity index is 751. The molecule has 0 bridgehead atoms. The highest BCUT2D eigenvalue weighted by atomic mass is 16.5. The van der Waals surface area contributed by atoms with Crippen LogP contribution in [-0.4, -0.2) is 61.1 Å². The molecule has 2 aromatic rings. The van der Waals surface area contributed by atoms with Crippen molar-refractivity contribution in [2.24, 2.45) is 0 Å². The second-order valence-corrected chi connectivity index (χ2v) is 7.17. The summed E-state index contributed by atoms with van der Waals surface area (Å²) in [6.07, 6.45) is 2.71. The average molecular weight is 366 g/mol. The molecule has 2 aromatic carbocycles. The minimum atomic E-state index is 0.0743. The predicted octanol–water partition coefficient (Wildman–Crippen LogP) is 3.42. The van der Waals surface area contributed by atoms with Crippen LogP contribution >= 0.6 is 0 Å². The van der Waals surface area contributed by atoms with E-state index in [0.29, 0.717) is 17.4 Å². The Morgan fingerprint density at radius 1 is 1.00 bits per heavy atom. The van der Waals surface area contributed by atoms with E-state index >= 15 is 0 Å². The van der Waals surface area contributed by atoms with Gasteiger partial charge in [-0.3, -0.25) is 9.69 Å². The highest BCUT2D eigenvalue weighted by Crippen LogP contribution is 2.23. The summed E-state index contributed by atoms with van der Waals surface area (Å²) in [6.45, 7) is 5.22. The van der Waals surface area contributed by atoms with Crippen molar-refractivity contribution in [3.63, 3.8) is 0 Å². The normalized spacial score (nSPS) is 20.6. The van der Waals surface area contributed by atoms with Gasteiger partial charge in [-0.15, -0.1) is 0 Å². The lowest BCUT2D eigenvalue weighted by atomic mass is 10.1. The van der Waals surface area contributed by atoms with Crippen molar-refractivity contribution < 1.29 is 14.3 Å². The van der Waals surface area contributed by atoms with Gasteiger partial charge in [-0.05, 0) is 43.2 Å². The van der Waals surface area contributed by atoms with Gasteiger partial charge in [0.2, 0.25) is 0 Å². The van der Waals surface area contributed by atoms with Gasteiger partial charge in [0.25, 0.3) is 5.91 Å². The summed E-state index contributed by atoms with van der Waals surface area (Å²) in [4.78, 5) is 17.2. The summed E-state index contributed by atoms with van der Waals surface area (Å²) in [5.41, 5.74) is 0.677. The molecule has 2 saturated heterocycles. The molecular formula is C22H26N2O3. The lowest BCUT2D eigenvalue weighted by Crippen LogP contribution is -2.50. The molecule has 2 fully saturated rings. The maximum Gasteiger partial charge on any atom is 0.254 e. The van der Waals surface area contributed by atoms with Crippen molar-refractivity contribution in [2.45, 2.75) is 18.9 Å². The molecule has 2 aliphatic rings. The van der Waals surface area contributed by atoms with Crippen LogP contribution in [0.2, 0.25) is 0 Å². The maximum atomic E-state index is 12.9. The third-order valence-corrected chi connectivity index (χ3v) is 5.21. The summed E-state index contributed by atoms with van der Waals surface area (Å²) < 4.78 is 11.6. The number of piperazine rings is 1. The summed E-state index contributed by atoms with van der Waals surface area (Å²) in [7, 11) is 0. The molecule has 27 heavy (non-hydrogen) atoms. The quantitative estimate of drug-likeness (QED) is 0.813. The molecule has 0 radical (unpaired) electrons. The van der Waals surface area contributed by atoms with Gasteiger partial charge in [0.1, 0.15) is 11.5 Å². The minimum Gasteiger partial charge on any atom is -0.457 e. The van der Waals surface area contributed by atoms with Gasteiger partial charge in [0.15, 0.2) is 0 Å². The smallest absolute Gasteiger partial charge is 0.254 e. The van der Waals surface area contributed by atoms with E-state index in [1.165, 1.54) is 6.42 Å². The Hall–Kier alpha value is -2.37. The van der Waals surface area contributed by atoms with Gasteiger partial charge in [-0.25, -0.2) is 0 Å². The minimum absolute atomic E-state index is 0.0743. The summed E-state index contributed by atoms with van der Waals surface area (Å²) in [5.74, 6) is 1.53. The zero-order chi connectivity index (χ0) is 18.5. The maximum absolute atomic E-state index is 12.9. The zero-order valence-electron chi connectivity index (χ0n) is 15.5. The van der Waals surface area contributed by atoms with Crippen molar-refractivity contribution in [3.05, 3.63) is 60.2 Å². The molecule has 0 spiro atoms. The third-order valence-electron chi connectivity index (χ3n) is 5.21. The van der Waals surface area contributed by atoms with Gasteiger partial charge in [-0.2, -0.15) is 0 Å². The molecule has 0 aromatic heterocycles. The van der Waals surface area contributed by atoms with E-state index in [0.717, 1.165) is 51.5 Å². The number of hydrogen-bond acceptors (Lipinski definition) is 4. The number of rotatable bonds is 5. The van der Waals surface area contributed by atoms with Crippen molar-refractivity contribution in [1.82, 2.24) is 9.80 Å². The number of nitrogens with zero attached hydrogens (tertiary/aromatic N) is 2. The van der Waals surface area contributed by atoms with Crippen molar-refractivity contribution in [1.29, 1.82) is 0 Å². The van der Waals surface area contributed by atoms with E-state index in [4.69, 9.17) is 9.47 Å². The predicted molar refractivity (Wildman–Crippen MR) is 104 cm³/mol. The summed E-state index contributed by atoms with van der Waals surface area (Å²) in [6, 6.07) is 17.1. The van der Waals surface area contributed by atoms with Gasteiger partial charge in [0.05, 0.1) is 6.10 Å². The van der Waals surface area contributed by atoms with Gasteiger partial charge < -0.3 is 14.4 Å². The fourth-order valence-electron chi connectivity index (χ4n) is 3.71. The van der Waals surface area contributed by atoms with E-state index < -0.39 is 0 Å². The van der Waals surface area contributed by atoms with E-state index in [2.05, 4.69) is 4.90 Å². The number of hydrogen-bond donors (Lipinski definition) is 0. The fourth-order valence-corrected chi connectivity index (χ4v) is 3.71. The first-order valence-corrected chi connectivity index (χ1v) is 9.74. The van der Waals surface area contributed by atoms with E-state index in [9.17, 15) is 4.79 Å². The number of benzene rings is 2. The average Bonchev–Trinajstić information content (AvgIpc) is 3.22. The van der Waals surface area contributed by atoms with Crippen LogP contribution in [0, 0.1) is 0 Å². The van der Waals surface area contributed by atoms with Crippen LogP contribution in [-0.2, 0) is 4.74 Å². The lowest BCUT2D eigenvalue weighted by molar-refractivity contribution is 0.0432. The number of carbonyl (C=O) groups excluding carboxylic acids is 1. The van der Waals surface area contributed by atoms with Crippen LogP contribution in [0.5, 0.6) is 11.5 Å². The zero-order valence-corrected chi connectivity index (χ0v) is 15.5. The lowest BCUT2D eigenvalue weighted by Gasteiger charge is -2.35. The molecular weight excluding hydrogens is 340 g/mol. The summed E-state index contributed by atoms with van der Waals surface area (Å²) in [5, 5.41) is 0. The number of amides is 1. The Morgan fingerprint density at radius 2 is 1.78 bits per heavy atom. The molecule has 0 aliphatic carbocycles. The number of carbonyl (C=O) groups is 1. The Morgan fingerprint density at radius 3 is 2.52 bits per heavy atom. The Balaban J connectivity index is 1.33. The number of para-hydroxylation sites is 1. The van der Waals surface area contributed by atoms with Gasteiger partial charge >= 0.3 is 0 Å².